The molecule has 0 radical (unpaired) electrons. The summed E-state index contributed by atoms with van der Waals surface area (Å²) in [4.78, 5) is 26.9. The standard InChI is InChI=1S/C33H30N2O7S/c1-3-40-33(37)25-11-10-23-18-29(34-30(23)19-25)24-12-15-28(35-43(38,39)27-13-8-22(2)9-14-27)32(20-24)42-17-16-41-31-7-5-4-6-26(31)21-36/h4-15,18-21,34-35H,3,16-17H2,1-2H3. The molecule has 0 atom stereocenters. The van der Waals surface area contributed by atoms with Gasteiger partial charge in [-0.1, -0.05) is 42.0 Å². The summed E-state index contributed by atoms with van der Waals surface area (Å²) in [5.74, 6) is 0.307. The maximum atomic E-state index is 13.2. The third-order valence-electron chi connectivity index (χ3n) is 6.65. The Hall–Kier alpha value is -5.09. The van der Waals surface area contributed by atoms with Gasteiger partial charge in [-0.3, -0.25) is 9.52 Å². The number of benzene rings is 4. The molecule has 1 heterocycles. The van der Waals surface area contributed by atoms with Gasteiger partial charge in [0.25, 0.3) is 10.0 Å². The van der Waals surface area contributed by atoms with Gasteiger partial charge in [0.2, 0.25) is 0 Å². The molecule has 0 aliphatic rings. The zero-order chi connectivity index (χ0) is 30.4. The Labute approximate surface area is 249 Å². The number of ether oxygens (including phenoxy) is 3. The number of aldehydes is 1. The number of fused-ring (bicyclic) bond motifs is 1. The minimum Gasteiger partial charge on any atom is -0.489 e. The van der Waals surface area contributed by atoms with Gasteiger partial charge in [-0.15, -0.1) is 0 Å². The molecule has 0 spiro atoms. The first-order valence-corrected chi connectivity index (χ1v) is 15.1. The summed E-state index contributed by atoms with van der Waals surface area (Å²) in [5.41, 5.74) is 4.26. The highest BCUT2D eigenvalue weighted by molar-refractivity contribution is 7.92. The molecule has 220 valence electrons. The number of aryl methyl sites for hydroxylation is 1. The Kier molecular flexibility index (Phi) is 8.77. The van der Waals surface area contributed by atoms with E-state index < -0.39 is 16.0 Å². The molecule has 0 saturated carbocycles. The van der Waals surface area contributed by atoms with Crippen molar-refractivity contribution in [2.75, 3.05) is 24.5 Å². The molecule has 0 bridgehead atoms. The second kappa shape index (κ2) is 12.8. The van der Waals surface area contributed by atoms with E-state index in [1.165, 1.54) is 0 Å². The Morgan fingerprint density at radius 1 is 0.884 bits per heavy atom. The van der Waals surface area contributed by atoms with E-state index in [9.17, 15) is 18.0 Å². The van der Waals surface area contributed by atoms with Crippen LogP contribution >= 0.6 is 0 Å². The van der Waals surface area contributed by atoms with E-state index in [1.54, 1.807) is 85.8 Å². The molecule has 0 aliphatic carbocycles. The van der Waals surface area contributed by atoms with Crippen LogP contribution in [0, 0.1) is 6.92 Å². The first kappa shape index (κ1) is 29.4. The molecular weight excluding hydrogens is 568 g/mol. The summed E-state index contributed by atoms with van der Waals surface area (Å²) in [5, 5.41) is 0.886. The third-order valence-corrected chi connectivity index (χ3v) is 8.03. The van der Waals surface area contributed by atoms with E-state index in [0.29, 0.717) is 23.2 Å². The highest BCUT2D eigenvalue weighted by Gasteiger charge is 2.18. The number of sulfonamides is 1. The molecule has 4 aromatic carbocycles. The fourth-order valence-corrected chi connectivity index (χ4v) is 5.52. The van der Waals surface area contributed by atoms with Gasteiger partial charge in [0.05, 0.1) is 28.3 Å². The van der Waals surface area contributed by atoms with E-state index in [4.69, 9.17) is 14.2 Å². The van der Waals surface area contributed by atoms with Crippen molar-refractivity contribution >= 4 is 38.9 Å². The van der Waals surface area contributed by atoms with Gasteiger partial charge in [0.1, 0.15) is 24.7 Å². The topological polar surface area (TPSA) is 124 Å². The van der Waals surface area contributed by atoms with Crippen molar-refractivity contribution in [3.05, 3.63) is 108 Å². The highest BCUT2D eigenvalue weighted by atomic mass is 32.2. The molecule has 9 nitrogen and oxygen atoms in total. The van der Waals surface area contributed by atoms with Gasteiger partial charge in [0, 0.05) is 22.2 Å². The predicted octanol–water partition coefficient (Wildman–Crippen LogP) is 6.39. The molecule has 43 heavy (non-hydrogen) atoms. The number of esters is 1. The molecule has 1 aromatic heterocycles. The van der Waals surface area contributed by atoms with Crippen molar-refractivity contribution in [3.63, 3.8) is 0 Å². The van der Waals surface area contributed by atoms with Gasteiger partial charge in [-0.2, -0.15) is 0 Å². The van der Waals surface area contributed by atoms with Gasteiger partial charge in [0.15, 0.2) is 6.29 Å². The zero-order valence-corrected chi connectivity index (χ0v) is 24.4. The summed E-state index contributed by atoms with van der Waals surface area (Å²) >= 11 is 0. The van der Waals surface area contributed by atoms with Crippen molar-refractivity contribution < 1.29 is 32.2 Å². The van der Waals surface area contributed by atoms with Gasteiger partial charge in [-0.25, -0.2) is 13.2 Å². The number of anilines is 1. The number of hydrogen-bond donors (Lipinski definition) is 2. The molecule has 10 heteroatoms. The van der Waals surface area contributed by atoms with Crippen LogP contribution in [0.2, 0.25) is 0 Å². The van der Waals surface area contributed by atoms with Crippen LogP contribution in [0.4, 0.5) is 5.69 Å². The van der Waals surface area contributed by atoms with Crippen LogP contribution in [0.25, 0.3) is 22.2 Å². The van der Waals surface area contributed by atoms with Crippen molar-refractivity contribution in [2.24, 2.45) is 0 Å². The molecule has 0 unspecified atom stereocenters. The fraction of sp³-hybridized carbons (Fsp3) is 0.152. The minimum absolute atomic E-state index is 0.0749. The van der Waals surface area contributed by atoms with Crippen molar-refractivity contribution in [1.29, 1.82) is 0 Å². The number of rotatable bonds is 12. The number of aromatic amines is 1. The normalized spacial score (nSPS) is 11.2. The fourth-order valence-electron chi connectivity index (χ4n) is 4.45. The Balaban J connectivity index is 1.43. The molecule has 0 amide bonds. The molecule has 0 aliphatic heterocycles. The number of carbonyl (C=O) groups is 2. The van der Waals surface area contributed by atoms with Crippen molar-refractivity contribution in [2.45, 2.75) is 18.7 Å². The molecule has 0 fully saturated rings. The summed E-state index contributed by atoms with van der Waals surface area (Å²) in [6.45, 7) is 4.10. The summed E-state index contributed by atoms with van der Waals surface area (Å²) < 4.78 is 45.9. The second-order valence-electron chi connectivity index (χ2n) is 9.69. The number of nitrogens with one attached hydrogen (secondary N) is 2. The van der Waals surface area contributed by atoms with Crippen LogP contribution in [0.1, 0.15) is 33.2 Å². The maximum Gasteiger partial charge on any atom is 0.338 e. The van der Waals surface area contributed by atoms with E-state index in [1.807, 2.05) is 19.1 Å². The number of para-hydroxylation sites is 1. The smallest absolute Gasteiger partial charge is 0.338 e. The highest BCUT2D eigenvalue weighted by Crippen LogP contribution is 2.34. The van der Waals surface area contributed by atoms with Crippen molar-refractivity contribution in [3.8, 4) is 22.8 Å². The van der Waals surface area contributed by atoms with Crippen LogP contribution in [-0.2, 0) is 14.8 Å². The van der Waals surface area contributed by atoms with Gasteiger partial charge >= 0.3 is 5.97 Å². The summed E-state index contributed by atoms with van der Waals surface area (Å²) in [6.07, 6.45) is 0.716. The van der Waals surface area contributed by atoms with Crippen LogP contribution in [0.5, 0.6) is 11.5 Å². The van der Waals surface area contributed by atoms with Crippen LogP contribution < -0.4 is 14.2 Å². The Morgan fingerprint density at radius 3 is 2.37 bits per heavy atom. The first-order valence-electron chi connectivity index (χ1n) is 13.6. The van der Waals surface area contributed by atoms with E-state index in [-0.39, 0.29) is 36.2 Å². The first-order chi connectivity index (χ1) is 20.8. The molecule has 2 N–H and O–H groups in total. The largest absolute Gasteiger partial charge is 0.489 e. The summed E-state index contributed by atoms with van der Waals surface area (Å²) in [6, 6.07) is 25.7. The number of aromatic nitrogens is 1. The second-order valence-corrected chi connectivity index (χ2v) is 11.4. The quantitative estimate of drug-likeness (QED) is 0.0969. The van der Waals surface area contributed by atoms with Gasteiger partial charge in [-0.05, 0) is 68.4 Å². The number of H-pyrrole nitrogens is 1. The molecular formula is C33H30N2O7S. The molecule has 5 rings (SSSR count). The van der Waals surface area contributed by atoms with Gasteiger partial charge < -0.3 is 19.2 Å². The van der Waals surface area contributed by atoms with Crippen LogP contribution in [-0.4, -0.2) is 45.5 Å². The average Bonchev–Trinajstić information content (AvgIpc) is 3.44. The lowest BCUT2D eigenvalue weighted by molar-refractivity contribution is 0.0526. The van der Waals surface area contributed by atoms with E-state index in [0.717, 1.165) is 27.7 Å². The zero-order valence-electron chi connectivity index (χ0n) is 23.6. The van der Waals surface area contributed by atoms with Crippen molar-refractivity contribution in [1.82, 2.24) is 4.98 Å². The third kappa shape index (κ3) is 6.87. The SMILES string of the molecule is CCOC(=O)c1ccc2cc(-c3ccc(NS(=O)(=O)c4ccc(C)cc4)c(OCCOc4ccccc4C=O)c3)[nH]c2c1. The lowest BCUT2D eigenvalue weighted by Crippen LogP contribution is -2.15. The number of hydrogen-bond acceptors (Lipinski definition) is 7. The van der Waals surface area contributed by atoms with Crippen LogP contribution in [0.3, 0.4) is 0 Å². The molecule has 0 saturated heterocycles. The number of carbonyl (C=O) groups excluding carboxylic acids is 2. The maximum absolute atomic E-state index is 13.2. The van der Waals surface area contributed by atoms with E-state index in [2.05, 4.69) is 9.71 Å². The lowest BCUT2D eigenvalue weighted by Gasteiger charge is -2.16. The minimum atomic E-state index is -3.90. The summed E-state index contributed by atoms with van der Waals surface area (Å²) in [7, 11) is -3.90. The molecule has 5 aromatic rings. The van der Waals surface area contributed by atoms with E-state index >= 15 is 0 Å². The van der Waals surface area contributed by atoms with Crippen LogP contribution in [0.15, 0.2) is 95.9 Å². The monoisotopic (exact) mass is 598 g/mol. The average molecular weight is 599 g/mol. The Morgan fingerprint density at radius 2 is 1.63 bits per heavy atom. The predicted molar refractivity (Wildman–Crippen MR) is 164 cm³/mol. The lowest BCUT2D eigenvalue weighted by atomic mass is 10.1. The Bertz CT molecular complexity index is 1880.